The number of carbonyl (C=O) groups is 1. The topological polar surface area (TPSA) is 79.5 Å². The van der Waals surface area contributed by atoms with Crippen molar-refractivity contribution in [2.45, 2.75) is 40.2 Å². The van der Waals surface area contributed by atoms with Crippen molar-refractivity contribution in [3.63, 3.8) is 0 Å². The van der Waals surface area contributed by atoms with Gasteiger partial charge in [-0.25, -0.2) is 4.79 Å². The highest BCUT2D eigenvalue weighted by Gasteiger charge is 2.17. The van der Waals surface area contributed by atoms with Gasteiger partial charge in [-0.3, -0.25) is 10.1 Å². The zero-order valence-electron chi connectivity index (χ0n) is 14.1. The van der Waals surface area contributed by atoms with Crippen LogP contribution >= 0.6 is 0 Å². The van der Waals surface area contributed by atoms with Gasteiger partial charge in [-0.15, -0.1) is 0 Å². The molecule has 1 heterocycles. The van der Waals surface area contributed by atoms with Crippen LogP contribution in [0.15, 0.2) is 35.6 Å². The van der Waals surface area contributed by atoms with E-state index >= 15 is 0 Å². The van der Waals surface area contributed by atoms with Crippen LogP contribution in [0.2, 0.25) is 0 Å². The minimum Gasteiger partial charge on any atom is -0.478 e. The third-order valence-electron chi connectivity index (χ3n) is 3.48. The van der Waals surface area contributed by atoms with Gasteiger partial charge in [0.05, 0.1) is 28.2 Å². The van der Waals surface area contributed by atoms with Crippen LogP contribution in [0.5, 0.6) is 0 Å². The summed E-state index contributed by atoms with van der Waals surface area (Å²) in [5.41, 5.74) is 5.94. The first-order chi connectivity index (χ1) is 10.7. The molecule has 1 aromatic carbocycles. The molecule has 2 rings (SSSR count). The Morgan fingerprint density at radius 2 is 1.91 bits per heavy atom. The van der Waals surface area contributed by atoms with Crippen molar-refractivity contribution >= 4 is 17.4 Å². The van der Waals surface area contributed by atoms with Gasteiger partial charge in [0.2, 0.25) is 0 Å². The van der Waals surface area contributed by atoms with Crippen molar-refractivity contribution in [2.75, 3.05) is 5.43 Å². The minimum absolute atomic E-state index is 0.105. The van der Waals surface area contributed by atoms with Crippen LogP contribution in [0.4, 0.5) is 5.69 Å². The molecule has 0 radical (unpaired) electrons. The summed E-state index contributed by atoms with van der Waals surface area (Å²) in [5.74, 6) is -0.988. The van der Waals surface area contributed by atoms with E-state index in [0.29, 0.717) is 5.69 Å². The molecule has 23 heavy (non-hydrogen) atoms. The van der Waals surface area contributed by atoms with Gasteiger partial charge in [0.25, 0.3) is 0 Å². The molecule has 0 aliphatic rings. The predicted octanol–water partition coefficient (Wildman–Crippen LogP) is 3.48. The van der Waals surface area contributed by atoms with Gasteiger partial charge in [-0.1, -0.05) is 12.1 Å². The Morgan fingerprint density at radius 1 is 1.26 bits per heavy atom. The maximum atomic E-state index is 11.2. The van der Waals surface area contributed by atoms with Gasteiger partial charge in [-0.2, -0.15) is 10.2 Å². The number of aromatic nitrogens is 2. The Morgan fingerprint density at radius 3 is 2.48 bits per heavy atom. The standard InChI is InChI=1S/C17H22N4O2/c1-11(14-10-21(17(3,4)5)20-12(14)2)18-19-15-9-7-6-8-13(15)16(22)23/h6-10,19H,1-5H3,(H,22,23). The van der Waals surface area contributed by atoms with E-state index < -0.39 is 5.97 Å². The monoisotopic (exact) mass is 314 g/mol. The van der Waals surface area contributed by atoms with Crippen LogP contribution in [0.25, 0.3) is 0 Å². The Hall–Kier alpha value is -2.63. The summed E-state index contributed by atoms with van der Waals surface area (Å²) in [6.45, 7) is 10.0. The van der Waals surface area contributed by atoms with Crippen molar-refractivity contribution in [3.05, 3.63) is 47.3 Å². The molecule has 2 N–H and O–H groups in total. The smallest absolute Gasteiger partial charge is 0.337 e. The minimum atomic E-state index is -0.988. The number of benzene rings is 1. The van der Waals surface area contributed by atoms with E-state index in [4.69, 9.17) is 0 Å². The van der Waals surface area contributed by atoms with Crippen molar-refractivity contribution in [1.82, 2.24) is 9.78 Å². The summed E-state index contributed by atoms with van der Waals surface area (Å²) in [4.78, 5) is 11.2. The fourth-order valence-electron chi connectivity index (χ4n) is 2.13. The van der Waals surface area contributed by atoms with E-state index in [0.717, 1.165) is 17.0 Å². The van der Waals surface area contributed by atoms with Crippen LogP contribution < -0.4 is 5.43 Å². The molecule has 0 atom stereocenters. The average Bonchev–Trinajstić information content (AvgIpc) is 2.87. The van der Waals surface area contributed by atoms with E-state index in [-0.39, 0.29) is 11.1 Å². The first-order valence-electron chi connectivity index (χ1n) is 7.40. The maximum absolute atomic E-state index is 11.2. The van der Waals surface area contributed by atoms with Crippen LogP contribution in [0.3, 0.4) is 0 Å². The molecule has 0 spiro atoms. The molecular formula is C17H22N4O2. The van der Waals surface area contributed by atoms with Gasteiger partial charge in [0, 0.05) is 11.8 Å². The van der Waals surface area contributed by atoms with Crippen molar-refractivity contribution < 1.29 is 9.90 Å². The number of hydrogen-bond donors (Lipinski definition) is 2. The van der Waals surface area contributed by atoms with E-state index in [1.807, 2.05) is 24.7 Å². The lowest BCUT2D eigenvalue weighted by atomic mass is 10.1. The molecule has 0 saturated heterocycles. The fourth-order valence-corrected chi connectivity index (χ4v) is 2.13. The van der Waals surface area contributed by atoms with Crippen molar-refractivity contribution in [1.29, 1.82) is 0 Å². The Bertz CT molecular complexity index is 754. The Balaban J connectivity index is 2.28. The van der Waals surface area contributed by atoms with Gasteiger partial charge >= 0.3 is 5.97 Å². The molecule has 0 saturated carbocycles. The summed E-state index contributed by atoms with van der Waals surface area (Å²) in [5, 5.41) is 18.0. The normalized spacial score (nSPS) is 12.3. The van der Waals surface area contributed by atoms with Gasteiger partial charge in [0.15, 0.2) is 0 Å². The summed E-state index contributed by atoms with van der Waals surface area (Å²) in [7, 11) is 0. The van der Waals surface area contributed by atoms with E-state index in [2.05, 4.69) is 36.4 Å². The zero-order chi connectivity index (χ0) is 17.2. The molecule has 6 heteroatoms. The number of carboxylic acids is 1. The van der Waals surface area contributed by atoms with Gasteiger partial charge < -0.3 is 5.11 Å². The van der Waals surface area contributed by atoms with Crippen LogP contribution in [-0.2, 0) is 5.54 Å². The highest BCUT2D eigenvalue weighted by atomic mass is 16.4. The molecule has 122 valence electrons. The summed E-state index contributed by atoms with van der Waals surface area (Å²) in [6, 6.07) is 6.68. The van der Waals surface area contributed by atoms with Gasteiger partial charge in [-0.05, 0) is 46.8 Å². The number of nitrogens with one attached hydrogen (secondary N) is 1. The van der Waals surface area contributed by atoms with Crippen LogP contribution in [-0.4, -0.2) is 26.6 Å². The molecule has 0 aliphatic heterocycles. The number of hydrazone groups is 1. The number of rotatable bonds is 4. The molecule has 1 aromatic heterocycles. The SMILES string of the molecule is CC(=NNc1ccccc1C(=O)O)c1cn(C(C)(C)C)nc1C. The number of hydrogen-bond acceptors (Lipinski definition) is 4. The lowest BCUT2D eigenvalue weighted by Gasteiger charge is -2.18. The average molecular weight is 314 g/mol. The zero-order valence-corrected chi connectivity index (χ0v) is 14.1. The quantitative estimate of drug-likeness (QED) is 0.669. The number of para-hydroxylation sites is 1. The van der Waals surface area contributed by atoms with Crippen LogP contribution in [0.1, 0.15) is 49.3 Å². The summed E-state index contributed by atoms with van der Waals surface area (Å²) < 4.78 is 1.90. The predicted molar refractivity (Wildman–Crippen MR) is 91.2 cm³/mol. The molecule has 0 unspecified atom stereocenters. The number of anilines is 1. The van der Waals surface area contributed by atoms with E-state index in [1.165, 1.54) is 0 Å². The second-order valence-electron chi connectivity index (χ2n) is 6.40. The lowest BCUT2D eigenvalue weighted by Crippen LogP contribution is -2.22. The first-order valence-corrected chi connectivity index (χ1v) is 7.40. The molecular weight excluding hydrogens is 292 g/mol. The first kappa shape index (κ1) is 16.7. The maximum Gasteiger partial charge on any atom is 0.337 e. The van der Waals surface area contributed by atoms with Crippen molar-refractivity contribution in [3.8, 4) is 0 Å². The second kappa shape index (κ2) is 6.24. The number of aryl methyl sites for hydroxylation is 1. The number of carboxylic acid groups (broad SMARTS) is 1. The summed E-state index contributed by atoms with van der Waals surface area (Å²) >= 11 is 0. The van der Waals surface area contributed by atoms with E-state index in [9.17, 15) is 9.90 Å². The largest absolute Gasteiger partial charge is 0.478 e. The number of nitrogens with zero attached hydrogens (tertiary/aromatic N) is 3. The Labute approximate surface area is 135 Å². The fraction of sp³-hybridized carbons (Fsp3) is 0.353. The van der Waals surface area contributed by atoms with Crippen molar-refractivity contribution in [2.24, 2.45) is 5.10 Å². The highest BCUT2D eigenvalue weighted by molar-refractivity contribution is 6.00. The molecule has 2 aromatic rings. The highest BCUT2D eigenvalue weighted by Crippen LogP contribution is 2.18. The van der Waals surface area contributed by atoms with Crippen LogP contribution in [0, 0.1) is 6.92 Å². The lowest BCUT2D eigenvalue weighted by molar-refractivity contribution is 0.0698. The third kappa shape index (κ3) is 3.77. The summed E-state index contributed by atoms with van der Waals surface area (Å²) in [6.07, 6.45) is 1.96. The molecule has 0 amide bonds. The molecule has 6 nitrogen and oxygen atoms in total. The molecule has 0 bridgehead atoms. The van der Waals surface area contributed by atoms with Gasteiger partial charge in [0.1, 0.15) is 0 Å². The second-order valence-corrected chi connectivity index (χ2v) is 6.40. The number of aromatic carboxylic acids is 1. The Kier molecular flexibility index (Phi) is 4.54. The van der Waals surface area contributed by atoms with E-state index in [1.54, 1.807) is 24.3 Å². The molecule has 0 fully saturated rings. The third-order valence-corrected chi connectivity index (χ3v) is 3.48. The molecule has 0 aliphatic carbocycles.